The van der Waals surface area contributed by atoms with Gasteiger partial charge in [0.2, 0.25) is 0 Å². The van der Waals surface area contributed by atoms with Crippen molar-refractivity contribution in [2.75, 3.05) is 5.75 Å². The van der Waals surface area contributed by atoms with Crippen LogP contribution in [0.5, 0.6) is 0 Å². The molecule has 1 heteroatoms. The van der Waals surface area contributed by atoms with Crippen LogP contribution in [-0.4, -0.2) is 5.75 Å². The molecule has 0 aliphatic heterocycles. The number of hydrogen-bond acceptors (Lipinski definition) is 1. The molecule has 20 heavy (non-hydrogen) atoms. The third kappa shape index (κ3) is 18.1. The molecular weight excluding hydrogens is 260 g/mol. The van der Waals surface area contributed by atoms with E-state index in [2.05, 4.69) is 13.5 Å². The quantitative estimate of drug-likeness (QED) is 0.247. The molecule has 0 aromatic rings. The summed E-state index contributed by atoms with van der Waals surface area (Å²) in [5, 5.41) is 1.96. The fourth-order valence-electron chi connectivity index (χ4n) is 2.64. The molecule has 0 aromatic heterocycles. The van der Waals surface area contributed by atoms with Crippen LogP contribution >= 0.6 is 11.8 Å². The second-order valence-corrected chi connectivity index (χ2v) is 7.06. The van der Waals surface area contributed by atoms with Gasteiger partial charge in [0.15, 0.2) is 0 Å². The first kappa shape index (κ1) is 20.1. The second-order valence-electron chi connectivity index (χ2n) is 5.99. The van der Waals surface area contributed by atoms with Gasteiger partial charge in [-0.25, -0.2) is 0 Å². The summed E-state index contributed by atoms with van der Waals surface area (Å²) in [6, 6.07) is 0. The molecule has 0 heterocycles. The summed E-state index contributed by atoms with van der Waals surface area (Å²) in [5.74, 6) is 1.27. The van der Waals surface area contributed by atoms with Crippen LogP contribution < -0.4 is 0 Å². The van der Waals surface area contributed by atoms with E-state index in [4.69, 9.17) is 0 Å². The fourth-order valence-corrected chi connectivity index (χ4v) is 3.18. The van der Waals surface area contributed by atoms with Gasteiger partial charge in [-0.15, -0.1) is 11.8 Å². The van der Waals surface area contributed by atoms with Crippen LogP contribution in [0, 0.1) is 0 Å². The second kappa shape index (κ2) is 19.1. The summed E-state index contributed by atoms with van der Waals surface area (Å²) < 4.78 is 0. The van der Waals surface area contributed by atoms with Gasteiger partial charge < -0.3 is 0 Å². The number of rotatable bonds is 17. The van der Waals surface area contributed by atoms with Crippen molar-refractivity contribution in [1.29, 1.82) is 0 Å². The zero-order valence-corrected chi connectivity index (χ0v) is 14.8. The number of hydrogen-bond donors (Lipinski definition) is 0. The average Bonchev–Trinajstić information content (AvgIpc) is 2.47. The lowest BCUT2D eigenvalue weighted by atomic mass is 10.0. The van der Waals surface area contributed by atoms with Crippen LogP contribution in [0.2, 0.25) is 0 Å². The molecule has 0 nitrogen and oxygen atoms in total. The summed E-state index contributed by atoms with van der Waals surface area (Å²) in [6.45, 7) is 6.02. The molecule has 0 amide bonds. The van der Waals surface area contributed by atoms with Crippen LogP contribution in [0.1, 0.15) is 103 Å². The van der Waals surface area contributed by atoms with Gasteiger partial charge in [0, 0.05) is 0 Å². The van der Waals surface area contributed by atoms with Gasteiger partial charge in [0.1, 0.15) is 0 Å². The molecule has 120 valence electrons. The maximum absolute atomic E-state index is 3.73. The van der Waals surface area contributed by atoms with Crippen molar-refractivity contribution in [2.45, 2.75) is 103 Å². The van der Waals surface area contributed by atoms with E-state index in [9.17, 15) is 0 Å². The molecular formula is C19H38S. The van der Waals surface area contributed by atoms with Crippen LogP contribution in [0.3, 0.4) is 0 Å². The topological polar surface area (TPSA) is 0 Å². The minimum Gasteiger partial charge on any atom is -0.135 e. The largest absolute Gasteiger partial charge is 0.135 e. The lowest BCUT2D eigenvalue weighted by Crippen LogP contribution is -1.84. The van der Waals surface area contributed by atoms with Crippen molar-refractivity contribution in [3.8, 4) is 0 Å². The van der Waals surface area contributed by atoms with Gasteiger partial charge in [0.05, 0.1) is 0 Å². The van der Waals surface area contributed by atoms with Crippen LogP contribution in [0.25, 0.3) is 0 Å². The van der Waals surface area contributed by atoms with E-state index in [-0.39, 0.29) is 0 Å². The Morgan fingerprint density at radius 3 is 1.30 bits per heavy atom. The smallest absolute Gasteiger partial charge is 0.00262 e. The van der Waals surface area contributed by atoms with Crippen molar-refractivity contribution < 1.29 is 0 Å². The molecule has 0 rings (SSSR count). The Hall–Kier alpha value is 0.0900. The molecule has 0 atom stereocenters. The SMILES string of the molecule is C=CSCCCCCCCCCCCCCCCCC. The van der Waals surface area contributed by atoms with E-state index in [1.807, 2.05) is 17.2 Å². The predicted molar refractivity (Wildman–Crippen MR) is 97.6 cm³/mol. The van der Waals surface area contributed by atoms with Crippen molar-refractivity contribution in [3.63, 3.8) is 0 Å². The predicted octanol–water partition coefficient (Wildman–Crippen LogP) is 7.73. The standard InChI is InChI=1S/C19H38S/c1-3-5-6-7-8-9-10-11-12-13-14-15-16-17-18-19-20-4-2/h4H,2-3,5-19H2,1H3. The molecule has 0 aliphatic carbocycles. The number of thioether (sulfide) groups is 1. The average molecular weight is 299 g/mol. The van der Waals surface area contributed by atoms with Gasteiger partial charge in [0.25, 0.3) is 0 Å². The first-order valence-corrected chi connectivity index (χ1v) is 10.2. The summed E-state index contributed by atoms with van der Waals surface area (Å²) >= 11 is 1.86. The highest BCUT2D eigenvalue weighted by atomic mass is 32.2. The molecule has 0 saturated heterocycles. The lowest BCUT2D eigenvalue weighted by molar-refractivity contribution is 0.535. The summed E-state index contributed by atoms with van der Waals surface area (Å²) in [7, 11) is 0. The summed E-state index contributed by atoms with van der Waals surface area (Å²) in [4.78, 5) is 0. The molecule has 0 unspecified atom stereocenters. The fraction of sp³-hybridized carbons (Fsp3) is 0.895. The Balaban J connectivity index is 2.90. The van der Waals surface area contributed by atoms with Gasteiger partial charge in [-0.3, -0.25) is 0 Å². The van der Waals surface area contributed by atoms with Crippen molar-refractivity contribution >= 4 is 11.8 Å². The van der Waals surface area contributed by atoms with Gasteiger partial charge in [-0.1, -0.05) is 103 Å². The Morgan fingerprint density at radius 2 is 0.950 bits per heavy atom. The molecule has 0 fully saturated rings. The summed E-state index contributed by atoms with van der Waals surface area (Å²) in [5.41, 5.74) is 0. The van der Waals surface area contributed by atoms with Crippen molar-refractivity contribution in [3.05, 3.63) is 12.0 Å². The lowest BCUT2D eigenvalue weighted by Gasteiger charge is -2.03. The Morgan fingerprint density at radius 1 is 0.600 bits per heavy atom. The van der Waals surface area contributed by atoms with E-state index in [1.165, 1.54) is 102 Å². The highest BCUT2D eigenvalue weighted by molar-refractivity contribution is 8.02. The Labute approximate surface area is 133 Å². The van der Waals surface area contributed by atoms with Gasteiger partial charge >= 0.3 is 0 Å². The minimum absolute atomic E-state index is 1.27. The van der Waals surface area contributed by atoms with Crippen molar-refractivity contribution in [2.24, 2.45) is 0 Å². The molecule has 0 saturated carbocycles. The third-order valence-corrected chi connectivity index (χ3v) is 4.74. The van der Waals surface area contributed by atoms with E-state index < -0.39 is 0 Å². The Kier molecular flexibility index (Phi) is 19.2. The highest BCUT2D eigenvalue weighted by Gasteiger charge is 1.94. The summed E-state index contributed by atoms with van der Waals surface area (Å²) in [6.07, 6.45) is 21.7. The first-order valence-electron chi connectivity index (χ1n) is 9.14. The Bertz CT molecular complexity index is 177. The molecule has 0 aromatic carbocycles. The monoisotopic (exact) mass is 298 g/mol. The molecule has 0 radical (unpaired) electrons. The minimum atomic E-state index is 1.27. The molecule has 0 spiro atoms. The van der Waals surface area contributed by atoms with Crippen LogP contribution in [0.15, 0.2) is 12.0 Å². The zero-order valence-electron chi connectivity index (χ0n) is 14.0. The number of unbranched alkanes of at least 4 members (excludes halogenated alkanes) is 14. The molecule has 0 bridgehead atoms. The van der Waals surface area contributed by atoms with E-state index in [1.54, 1.807) is 0 Å². The van der Waals surface area contributed by atoms with Crippen LogP contribution in [0.4, 0.5) is 0 Å². The van der Waals surface area contributed by atoms with E-state index >= 15 is 0 Å². The maximum atomic E-state index is 3.73. The van der Waals surface area contributed by atoms with E-state index in [0.29, 0.717) is 0 Å². The zero-order chi connectivity index (χ0) is 14.7. The normalized spacial score (nSPS) is 10.8. The first-order chi connectivity index (χ1) is 9.91. The maximum Gasteiger partial charge on any atom is -0.00262 e. The van der Waals surface area contributed by atoms with Gasteiger partial charge in [-0.2, -0.15) is 0 Å². The van der Waals surface area contributed by atoms with Crippen molar-refractivity contribution in [1.82, 2.24) is 0 Å². The third-order valence-electron chi connectivity index (χ3n) is 3.98. The molecule has 0 N–H and O–H groups in total. The van der Waals surface area contributed by atoms with Crippen LogP contribution in [-0.2, 0) is 0 Å². The highest BCUT2D eigenvalue weighted by Crippen LogP contribution is 2.14. The van der Waals surface area contributed by atoms with E-state index in [0.717, 1.165) is 0 Å². The van der Waals surface area contributed by atoms with Gasteiger partial charge in [-0.05, 0) is 17.6 Å². The molecule has 0 aliphatic rings.